The normalized spacial score (nSPS) is 12.9. The maximum Gasteiger partial charge on any atom is 0.348 e. The minimum atomic E-state index is -2.49. The lowest BCUT2D eigenvalue weighted by molar-refractivity contribution is -0.119. The number of ether oxygens (including phenoxy) is 1. The van der Waals surface area contributed by atoms with Gasteiger partial charge in [0.2, 0.25) is 0 Å². The summed E-state index contributed by atoms with van der Waals surface area (Å²) < 4.78 is 29.5. The van der Waals surface area contributed by atoms with Crippen molar-refractivity contribution in [1.29, 1.82) is 0 Å². The summed E-state index contributed by atoms with van der Waals surface area (Å²) in [7, 11) is 0. The van der Waals surface area contributed by atoms with E-state index in [0.29, 0.717) is 27.2 Å². The molecular formula is C17H15F2NO3S2. The van der Waals surface area contributed by atoms with Gasteiger partial charge >= 0.3 is 5.97 Å². The van der Waals surface area contributed by atoms with Crippen LogP contribution in [0.1, 0.15) is 26.5 Å². The van der Waals surface area contributed by atoms with Crippen LogP contribution < -0.4 is 5.32 Å². The van der Waals surface area contributed by atoms with Crippen molar-refractivity contribution in [2.24, 2.45) is 0 Å². The van der Waals surface area contributed by atoms with Gasteiger partial charge in [0.15, 0.2) is 6.61 Å². The van der Waals surface area contributed by atoms with E-state index >= 15 is 0 Å². The number of thiophene rings is 1. The lowest BCUT2D eigenvalue weighted by Crippen LogP contribution is -2.20. The van der Waals surface area contributed by atoms with E-state index in [-0.39, 0.29) is 0 Å². The Morgan fingerprint density at radius 2 is 2.00 bits per heavy atom. The molecule has 1 aromatic heterocycles. The Morgan fingerprint density at radius 3 is 2.68 bits per heavy atom. The largest absolute Gasteiger partial charge is 0.451 e. The van der Waals surface area contributed by atoms with E-state index in [0.717, 1.165) is 19.3 Å². The molecule has 1 amide bonds. The highest BCUT2D eigenvalue weighted by Crippen LogP contribution is 2.31. The Morgan fingerprint density at radius 1 is 1.24 bits per heavy atom. The minimum Gasteiger partial charge on any atom is -0.451 e. The van der Waals surface area contributed by atoms with Gasteiger partial charge in [-0.3, -0.25) is 4.79 Å². The molecule has 1 N–H and O–H groups in total. The zero-order valence-electron chi connectivity index (χ0n) is 13.1. The molecule has 0 spiro atoms. The van der Waals surface area contributed by atoms with E-state index in [9.17, 15) is 18.4 Å². The van der Waals surface area contributed by atoms with Gasteiger partial charge in [-0.05, 0) is 55.2 Å². The molecule has 0 aliphatic heterocycles. The number of fused-ring (bicyclic) bond motifs is 1. The summed E-state index contributed by atoms with van der Waals surface area (Å²) in [6.45, 7) is -0.394. The summed E-state index contributed by atoms with van der Waals surface area (Å²) in [5.41, 5.74) is 1.65. The molecule has 0 fully saturated rings. The molecule has 1 heterocycles. The Kier molecular flexibility index (Phi) is 5.70. The third kappa shape index (κ3) is 4.79. The fraction of sp³-hybridized carbons (Fsp3) is 0.294. The summed E-state index contributed by atoms with van der Waals surface area (Å²) in [6.07, 6.45) is 3.10. The van der Waals surface area contributed by atoms with Crippen LogP contribution in [0.15, 0.2) is 35.2 Å². The number of thioether (sulfide) groups is 1. The third-order valence-electron chi connectivity index (χ3n) is 3.65. The first-order valence-corrected chi connectivity index (χ1v) is 9.34. The molecule has 2 aromatic rings. The number of rotatable bonds is 6. The van der Waals surface area contributed by atoms with Crippen molar-refractivity contribution < 1.29 is 23.1 Å². The molecule has 3 rings (SSSR count). The van der Waals surface area contributed by atoms with Crippen LogP contribution in [0, 0.1) is 0 Å². The molecule has 132 valence electrons. The topological polar surface area (TPSA) is 55.4 Å². The number of anilines is 1. The maximum absolute atomic E-state index is 12.2. The van der Waals surface area contributed by atoms with Gasteiger partial charge in [0.25, 0.3) is 11.7 Å². The molecule has 4 nitrogen and oxygen atoms in total. The van der Waals surface area contributed by atoms with E-state index in [1.165, 1.54) is 46.0 Å². The second-order valence-electron chi connectivity index (χ2n) is 5.44. The quantitative estimate of drug-likeness (QED) is 0.595. The summed E-state index contributed by atoms with van der Waals surface area (Å²) in [4.78, 5) is 26.0. The van der Waals surface area contributed by atoms with Crippen molar-refractivity contribution in [2.75, 3.05) is 11.9 Å². The number of carbonyl (C=O) groups excluding carboxylic acids is 2. The minimum absolute atomic E-state index is 0.394. The van der Waals surface area contributed by atoms with Crippen LogP contribution in [0.5, 0.6) is 0 Å². The number of hydrogen-bond donors (Lipinski definition) is 1. The number of alkyl halides is 2. The molecule has 25 heavy (non-hydrogen) atoms. The van der Waals surface area contributed by atoms with Gasteiger partial charge in [-0.15, -0.1) is 11.3 Å². The molecule has 0 radical (unpaired) electrons. The van der Waals surface area contributed by atoms with Gasteiger partial charge in [-0.1, -0.05) is 11.8 Å². The Hall–Kier alpha value is -1.93. The first kappa shape index (κ1) is 17.9. The van der Waals surface area contributed by atoms with Crippen LogP contribution in [-0.4, -0.2) is 24.2 Å². The van der Waals surface area contributed by atoms with Crippen LogP contribution in [0.3, 0.4) is 0 Å². The van der Waals surface area contributed by atoms with Crippen molar-refractivity contribution in [3.63, 3.8) is 0 Å². The molecule has 1 aliphatic carbocycles. The fourth-order valence-corrected chi connectivity index (χ4v) is 4.19. The zero-order valence-corrected chi connectivity index (χ0v) is 14.7. The molecule has 0 unspecified atom stereocenters. The molecule has 0 atom stereocenters. The van der Waals surface area contributed by atoms with Crippen LogP contribution in [0.25, 0.3) is 0 Å². The number of halogens is 2. The number of benzene rings is 1. The highest BCUT2D eigenvalue weighted by molar-refractivity contribution is 7.99. The number of amides is 1. The van der Waals surface area contributed by atoms with Crippen LogP contribution in [0.2, 0.25) is 0 Å². The summed E-state index contributed by atoms with van der Waals surface area (Å²) in [5, 5.41) is 2.56. The smallest absolute Gasteiger partial charge is 0.348 e. The highest BCUT2D eigenvalue weighted by Gasteiger charge is 2.20. The maximum atomic E-state index is 12.2. The zero-order chi connectivity index (χ0) is 17.8. The van der Waals surface area contributed by atoms with Crippen molar-refractivity contribution >= 4 is 40.7 Å². The summed E-state index contributed by atoms with van der Waals surface area (Å²) in [6, 6.07) is 7.87. The van der Waals surface area contributed by atoms with Crippen molar-refractivity contribution in [3.05, 3.63) is 45.6 Å². The van der Waals surface area contributed by atoms with Gasteiger partial charge in [0.1, 0.15) is 4.88 Å². The van der Waals surface area contributed by atoms with Gasteiger partial charge in [0.05, 0.1) is 0 Å². The average Bonchev–Trinajstić information content (AvgIpc) is 3.15. The predicted molar refractivity (Wildman–Crippen MR) is 93.6 cm³/mol. The predicted octanol–water partition coefficient (Wildman–Crippen LogP) is 4.35. The second kappa shape index (κ2) is 7.97. The van der Waals surface area contributed by atoms with E-state index in [2.05, 4.69) is 5.32 Å². The Bertz CT molecular complexity index is 753. The Labute approximate surface area is 151 Å². The lowest BCUT2D eigenvalue weighted by atomic mass is 10.2. The molecule has 0 saturated carbocycles. The highest BCUT2D eigenvalue weighted by atomic mass is 32.2. The SMILES string of the molecule is O=C(COC(=O)c1cc2c(s1)CCC2)Nc1ccc(SC(F)F)cc1. The number of aryl methyl sites for hydroxylation is 2. The number of carbonyl (C=O) groups is 2. The standard InChI is InChI=1S/C17H15F2NO3S2/c18-17(19)24-12-6-4-11(5-7-12)20-15(21)9-23-16(22)14-8-10-2-1-3-13(10)25-14/h4-8,17H,1-3,9H2,(H,20,21). The van der Waals surface area contributed by atoms with Gasteiger partial charge < -0.3 is 10.1 Å². The van der Waals surface area contributed by atoms with Crippen LogP contribution >= 0.6 is 23.1 Å². The summed E-state index contributed by atoms with van der Waals surface area (Å²) >= 11 is 1.86. The second-order valence-corrected chi connectivity index (χ2v) is 7.64. The van der Waals surface area contributed by atoms with Gasteiger partial charge in [0, 0.05) is 15.5 Å². The van der Waals surface area contributed by atoms with Crippen LogP contribution in [-0.2, 0) is 22.4 Å². The van der Waals surface area contributed by atoms with Crippen molar-refractivity contribution in [3.8, 4) is 0 Å². The molecule has 0 bridgehead atoms. The monoisotopic (exact) mass is 383 g/mol. The van der Waals surface area contributed by atoms with E-state index in [1.807, 2.05) is 6.07 Å². The molecular weight excluding hydrogens is 368 g/mol. The average molecular weight is 383 g/mol. The first-order valence-electron chi connectivity index (χ1n) is 7.64. The van der Waals surface area contributed by atoms with Crippen LogP contribution in [0.4, 0.5) is 14.5 Å². The fourth-order valence-electron chi connectivity index (χ4n) is 2.55. The van der Waals surface area contributed by atoms with E-state index < -0.39 is 24.2 Å². The number of esters is 1. The third-order valence-corrected chi connectivity index (χ3v) is 5.59. The van der Waals surface area contributed by atoms with Gasteiger partial charge in [-0.25, -0.2) is 4.79 Å². The number of hydrogen-bond acceptors (Lipinski definition) is 5. The van der Waals surface area contributed by atoms with Crippen molar-refractivity contribution in [1.82, 2.24) is 0 Å². The van der Waals surface area contributed by atoms with E-state index in [1.54, 1.807) is 0 Å². The molecule has 0 saturated heterocycles. The first-order chi connectivity index (χ1) is 12.0. The lowest BCUT2D eigenvalue weighted by Gasteiger charge is -2.07. The van der Waals surface area contributed by atoms with E-state index in [4.69, 9.17) is 4.74 Å². The Balaban J connectivity index is 1.48. The molecule has 1 aliphatic rings. The molecule has 8 heteroatoms. The number of nitrogens with one attached hydrogen (secondary N) is 1. The molecule has 1 aromatic carbocycles. The summed E-state index contributed by atoms with van der Waals surface area (Å²) in [5.74, 6) is -3.47. The van der Waals surface area contributed by atoms with Crippen molar-refractivity contribution in [2.45, 2.75) is 29.9 Å². The van der Waals surface area contributed by atoms with Gasteiger partial charge in [-0.2, -0.15) is 8.78 Å².